The van der Waals surface area contributed by atoms with E-state index in [-0.39, 0.29) is 0 Å². The van der Waals surface area contributed by atoms with Gasteiger partial charge in [0.1, 0.15) is 11.6 Å². The molecule has 0 amide bonds. The van der Waals surface area contributed by atoms with Gasteiger partial charge >= 0.3 is 11.6 Å². The summed E-state index contributed by atoms with van der Waals surface area (Å²) >= 11 is 5.69. The summed E-state index contributed by atoms with van der Waals surface area (Å²) in [6.07, 6.45) is 3.16. The van der Waals surface area contributed by atoms with Crippen molar-refractivity contribution in [2.45, 2.75) is 0 Å². The number of H-pyrrole nitrogens is 1. The molecule has 2 rings (SSSR count). The molecular formula is C11H11ClN7+. The van der Waals surface area contributed by atoms with Crippen molar-refractivity contribution < 1.29 is 4.68 Å². The lowest BCUT2D eigenvalue weighted by atomic mass is 10.3. The van der Waals surface area contributed by atoms with Crippen LogP contribution in [0.5, 0.6) is 0 Å². The molecule has 0 spiro atoms. The van der Waals surface area contributed by atoms with Gasteiger partial charge in [-0.15, -0.1) is 4.68 Å². The van der Waals surface area contributed by atoms with E-state index in [1.165, 1.54) is 0 Å². The second kappa shape index (κ2) is 5.46. The number of nitrogens with one attached hydrogen (secondary N) is 1. The Morgan fingerprint density at radius 2 is 2.26 bits per heavy atom. The molecule has 0 fully saturated rings. The first-order valence-electron chi connectivity index (χ1n) is 5.35. The Hall–Kier alpha value is -2.46. The largest absolute Gasteiger partial charge is 0.355 e. The number of hydrogen-bond donors (Lipinski definition) is 1. The predicted octanol–water partition coefficient (Wildman–Crippen LogP) is 0.828. The Morgan fingerprint density at radius 1 is 1.47 bits per heavy atom. The average Bonchev–Trinajstić information content (AvgIpc) is 2.80. The number of rotatable bonds is 3. The van der Waals surface area contributed by atoms with E-state index >= 15 is 0 Å². The van der Waals surface area contributed by atoms with Crippen molar-refractivity contribution in [3.63, 3.8) is 0 Å². The molecule has 0 aliphatic carbocycles. The SMILES string of the molecule is CN(C)C=Nc1c(C#N)c[nH][n+]1-c1ccc(Cl)nn1. The minimum Gasteiger partial charge on any atom is -0.355 e. The minimum absolute atomic E-state index is 0.301. The summed E-state index contributed by atoms with van der Waals surface area (Å²) in [5.74, 6) is 0.949. The molecule has 0 unspecified atom stereocenters. The third kappa shape index (κ3) is 2.86. The fourth-order valence-corrected chi connectivity index (χ4v) is 1.46. The zero-order valence-corrected chi connectivity index (χ0v) is 11.1. The molecule has 1 N–H and O–H groups in total. The van der Waals surface area contributed by atoms with Crippen LogP contribution < -0.4 is 4.68 Å². The molecule has 0 atom stereocenters. The van der Waals surface area contributed by atoms with Crippen molar-refractivity contribution in [2.75, 3.05) is 14.1 Å². The highest BCUT2D eigenvalue weighted by Gasteiger charge is 2.19. The van der Waals surface area contributed by atoms with Crippen molar-refractivity contribution >= 4 is 23.8 Å². The van der Waals surface area contributed by atoms with E-state index in [1.807, 2.05) is 14.1 Å². The van der Waals surface area contributed by atoms with Gasteiger partial charge in [0.2, 0.25) is 0 Å². The number of aliphatic imine (C=N–C) groups is 1. The number of halogens is 1. The fourth-order valence-electron chi connectivity index (χ4n) is 1.36. The lowest BCUT2D eigenvalue weighted by Crippen LogP contribution is -2.34. The maximum absolute atomic E-state index is 9.06. The van der Waals surface area contributed by atoms with Gasteiger partial charge in [0.15, 0.2) is 11.5 Å². The molecule has 0 aromatic carbocycles. The lowest BCUT2D eigenvalue weighted by molar-refractivity contribution is -0.646. The Labute approximate surface area is 114 Å². The van der Waals surface area contributed by atoms with Gasteiger partial charge < -0.3 is 4.90 Å². The van der Waals surface area contributed by atoms with Crippen LogP contribution in [-0.4, -0.2) is 40.6 Å². The molecule has 7 nitrogen and oxygen atoms in total. The Balaban J connectivity index is 2.49. The van der Waals surface area contributed by atoms with E-state index < -0.39 is 0 Å². The number of aromatic amines is 1. The second-order valence-electron chi connectivity index (χ2n) is 3.88. The molecule has 96 valence electrons. The summed E-state index contributed by atoms with van der Waals surface area (Å²) in [5.41, 5.74) is 0.412. The van der Waals surface area contributed by atoms with Crippen molar-refractivity contribution in [3.05, 3.63) is 29.0 Å². The van der Waals surface area contributed by atoms with E-state index in [1.54, 1.807) is 34.2 Å². The number of nitriles is 1. The molecule has 2 aromatic rings. The van der Waals surface area contributed by atoms with Gasteiger partial charge in [-0.05, 0) is 6.07 Å². The number of nitrogens with zero attached hydrogens (tertiary/aromatic N) is 6. The van der Waals surface area contributed by atoms with E-state index in [9.17, 15) is 0 Å². The van der Waals surface area contributed by atoms with E-state index in [2.05, 4.69) is 26.4 Å². The van der Waals surface area contributed by atoms with Crippen LogP contribution in [0.1, 0.15) is 5.56 Å². The zero-order valence-electron chi connectivity index (χ0n) is 10.4. The summed E-state index contributed by atoms with van der Waals surface area (Å²) in [4.78, 5) is 6.01. The van der Waals surface area contributed by atoms with Gasteiger partial charge in [0.25, 0.3) is 0 Å². The molecule has 0 saturated carbocycles. The van der Waals surface area contributed by atoms with Crippen molar-refractivity contribution in [1.29, 1.82) is 5.26 Å². The molecule has 8 heteroatoms. The van der Waals surface area contributed by atoms with Crippen LogP contribution in [0.25, 0.3) is 5.82 Å². The van der Waals surface area contributed by atoms with Crippen LogP contribution in [0.15, 0.2) is 23.3 Å². The molecule has 2 heterocycles. The molecule has 2 aromatic heterocycles. The lowest BCUT2D eigenvalue weighted by Gasteiger charge is -1.99. The van der Waals surface area contributed by atoms with E-state index in [0.29, 0.717) is 22.4 Å². The molecule has 0 bridgehead atoms. The van der Waals surface area contributed by atoms with Crippen molar-refractivity contribution in [1.82, 2.24) is 20.2 Å². The summed E-state index contributed by atoms with van der Waals surface area (Å²) < 4.78 is 1.56. The first-order chi connectivity index (χ1) is 9.11. The molecule has 0 radical (unpaired) electrons. The second-order valence-corrected chi connectivity index (χ2v) is 4.27. The molecular weight excluding hydrogens is 266 g/mol. The Morgan fingerprint density at radius 3 is 2.84 bits per heavy atom. The molecule has 0 aliphatic heterocycles. The molecule has 19 heavy (non-hydrogen) atoms. The van der Waals surface area contributed by atoms with Gasteiger partial charge in [-0.25, -0.2) is 5.10 Å². The van der Waals surface area contributed by atoms with Crippen LogP contribution >= 0.6 is 11.6 Å². The standard InChI is InChI=1S/C11H10ClN7/c1-18(2)7-14-11-8(5-13)6-15-19(11)10-4-3-9(12)16-17-10/h3-4,6-7H,1-2H3/p+1. The third-order valence-corrected chi connectivity index (χ3v) is 2.37. The van der Waals surface area contributed by atoms with Crippen LogP contribution in [-0.2, 0) is 0 Å². The van der Waals surface area contributed by atoms with E-state index in [4.69, 9.17) is 16.9 Å². The van der Waals surface area contributed by atoms with E-state index in [0.717, 1.165) is 0 Å². The molecule has 0 saturated heterocycles. The van der Waals surface area contributed by atoms with Gasteiger partial charge in [-0.1, -0.05) is 21.7 Å². The summed E-state index contributed by atoms with van der Waals surface area (Å²) in [6.45, 7) is 0. The smallest absolute Gasteiger partial charge is 0.310 e. The fraction of sp³-hybridized carbons (Fsp3) is 0.182. The minimum atomic E-state index is 0.301. The van der Waals surface area contributed by atoms with Crippen LogP contribution in [0.2, 0.25) is 5.15 Å². The Kier molecular flexibility index (Phi) is 3.73. The summed E-state index contributed by atoms with van der Waals surface area (Å²) in [6, 6.07) is 5.36. The molecule has 0 aliphatic rings. The van der Waals surface area contributed by atoms with Gasteiger partial charge in [0.05, 0.1) is 6.20 Å². The van der Waals surface area contributed by atoms with Crippen LogP contribution in [0, 0.1) is 11.3 Å². The van der Waals surface area contributed by atoms with Gasteiger partial charge in [-0.2, -0.15) is 5.26 Å². The quantitative estimate of drug-likeness (QED) is 0.511. The zero-order chi connectivity index (χ0) is 13.8. The normalized spacial score (nSPS) is 10.6. The third-order valence-electron chi connectivity index (χ3n) is 2.17. The monoisotopic (exact) mass is 276 g/mol. The first-order valence-corrected chi connectivity index (χ1v) is 5.73. The average molecular weight is 277 g/mol. The van der Waals surface area contributed by atoms with Gasteiger partial charge in [-0.3, -0.25) is 0 Å². The Bertz CT molecular complexity index is 636. The van der Waals surface area contributed by atoms with Gasteiger partial charge in [0, 0.05) is 25.3 Å². The number of hydrogen-bond acceptors (Lipinski definition) is 4. The predicted molar refractivity (Wildman–Crippen MR) is 69.5 cm³/mol. The van der Waals surface area contributed by atoms with Crippen molar-refractivity contribution in [2.24, 2.45) is 4.99 Å². The highest BCUT2D eigenvalue weighted by atomic mass is 35.5. The highest BCUT2D eigenvalue weighted by molar-refractivity contribution is 6.29. The van der Waals surface area contributed by atoms with Crippen molar-refractivity contribution in [3.8, 4) is 11.9 Å². The first kappa shape index (κ1) is 13.0. The van der Waals surface area contributed by atoms with Crippen LogP contribution in [0.4, 0.5) is 5.82 Å². The highest BCUT2D eigenvalue weighted by Crippen LogP contribution is 2.13. The summed E-state index contributed by atoms with van der Waals surface area (Å²) in [5, 5.41) is 20.0. The maximum Gasteiger partial charge on any atom is 0.310 e. The summed E-state index contributed by atoms with van der Waals surface area (Å²) in [7, 11) is 3.68. The topological polar surface area (TPSA) is 84.8 Å². The number of aromatic nitrogens is 4. The maximum atomic E-state index is 9.06. The van der Waals surface area contributed by atoms with Crippen LogP contribution in [0.3, 0.4) is 0 Å².